The Hall–Kier alpha value is -2.24. The number of hydrogen-bond acceptors (Lipinski definition) is 3. The van der Waals surface area contributed by atoms with E-state index in [1.807, 2.05) is 0 Å². The minimum absolute atomic E-state index is 0.00256. The van der Waals surface area contributed by atoms with Crippen molar-refractivity contribution in [1.82, 2.24) is 9.13 Å². The van der Waals surface area contributed by atoms with Gasteiger partial charge >= 0.3 is 11.7 Å². The average Bonchev–Trinajstić information content (AvgIpc) is 2.43. The molecule has 2 rings (SSSR count). The smallest absolute Gasteiger partial charge is 0.329 e. The number of nitrogens with zero attached hydrogens (tertiary/aromatic N) is 2. The fraction of sp³-hybridized carbons (Fsp3) is 0.200. The van der Waals surface area contributed by atoms with Crippen molar-refractivity contribution >= 4 is 17.0 Å². The molecule has 0 unspecified atom stereocenters. The van der Waals surface area contributed by atoms with Crippen molar-refractivity contribution in [1.29, 1.82) is 0 Å². The predicted octanol–water partition coefficient (Wildman–Crippen LogP) is 0.130. The SMILES string of the molecule is Cn1c(=O)n(CC(=O)O)c2cc(O)ccc21. The van der Waals surface area contributed by atoms with Gasteiger partial charge in [-0.2, -0.15) is 0 Å². The zero-order valence-corrected chi connectivity index (χ0v) is 8.54. The minimum Gasteiger partial charge on any atom is -0.508 e. The summed E-state index contributed by atoms with van der Waals surface area (Å²) in [5, 5.41) is 18.0. The summed E-state index contributed by atoms with van der Waals surface area (Å²) in [4.78, 5) is 22.3. The van der Waals surface area contributed by atoms with Crippen molar-refractivity contribution in [2.24, 2.45) is 7.05 Å². The molecule has 84 valence electrons. The summed E-state index contributed by atoms with van der Waals surface area (Å²) in [6.45, 7) is -0.417. The van der Waals surface area contributed by atoms with Gasteiger partial charge in [0.15, 0.2) is 0 Å². The summed E-state index contributed by atoms with van der Waals surface area (Å²) >= 11 is 0. The van der Waals surface area contributed by atoms with Crippen LogP contribution in [0.25, 0.3) is 11.0 Å². The summed E-state index contributed by atoms with van der Waals surface area (Å²) in [7, 11) is 1.56. The highest BCUT2D eigenvalue weighted by atomic mass is 16.4. The Morgan fingerprint density at radius 1 is 1.38 bits per heavy atom. The number of aryl methyl sites for hydroxylation is 1. The molecule has 0 saturated heterocycles. The first-order valence-corrected chi connectivity index (χ1v) is 4.60. The number of carboxylic acid groups (broad SMARTS) is 1. The van der Waals surface area contributed by atoms with Crippen molar-refractivity contribution in [2.45, 2.75) is 6.54 Å². The molecule has 2 aromatic rings. The van der Waals surface area contributed by atoms with E-state index in [0.717, 1.165) is 4.57 Å². The van der Waals surface area contributed by atoms with E-state index in [1.54, 1.807) is 13.1 Å². The van der Waals surface area contributed by atoms with Crippen LogP contribution in [0.5, 0.6) is 5.75 Å². The molecule has 1 heterocycles. The maximum Gasteiger partial charge on any atom is 0.329 e. The van der Waals surface area contributed by atoms with Crippen molar-refractivity contribution in [3.63, 3.8) is 0 Å². The molecule has 0 spiro atoms. The average molecular weight is 222 g/mol. The van der Waals surface area contributed by atoms with Crippen LogP contribution in [0, 0.1) is 0 Å². The minimum atomic E-state index is -1.10. The highest BCUT2D eigenvalue weighted by Gasteiger charge is 2.13. The number of fused-ring (bicyclic) bond motifs is 1. The van der Waals surface area contributed by atoms with Crippen LogP contribution >= 0.6 is 0 Å². The summed E-state index contributed by atoms with van der Waals surface area (Å²) in [5.41, 5.74) is 0.585. The molecule has 0 aliphatic rings. The maximum absolute atomic E-state index is 11.7. The third-order valence-electron chi connectivity index (χ3n) is 2.42. The van der Waals surface area contributed by atoms with Crippen molar-refractivity contribution in [2.75, 3.05) is 0 Å². The van der Waals surface area contributed by atoms with Gasteiger partial charge in [0.25, 0.3) is 0 Å². The van der Waals surface area contributed by atoms with Gasteiger partial charge < -0.3 is 10.2 Å². The fourth-order valence-electron chi connectivity index (χ4n) is 1.69. The first-order chi connectivity index (χ1) is 7.50. The number of carboxylic acids is 1. The molecule has 0 bridgehead atoms. The van der Waals surface area contributed by atoms with Crippen molar-refractivity contribution in [3.05, 3.63) is 28.7 Å². The van der Waals surface area contributed by atoms with E-state index in [4.69, 9.17) is 5.11 Å². The number of aromatic nitrogens is 2. The van der Waals surface area contributed by atoms with Crippen LogP contribution in [-0.4, -0.2) is 25.3 Å². The maximum atomic E-state index is 11.7. The number of rotatable bonds is 2. The summed E-state index contributed by atoms with van der Waals surface area (Å²) in [6, 6.07) is 4.40. The largest absolute Gasteiger partial charge is 0.508 e. The van der Waals surface area contributed by atoms with Crippen molar-refractivity contribution in [3.8, 4) is 5.75 Å². The molecule has 0 amide bonds. The lowest BCUT2D eigenvalue weighted by Gasteiger charge is -1.98. The Labute approximate surface area is 90.0 Å². The molecular weight excluding hydrogens is 212 g/mol. The van der Waals surface area contributed by atoms with Crippen molar-refractivity contribution < 1.29 is 15.0 Å². The highest BCUT2D eigenvalue weighted by Crippen LogP contribution is 2.18. The van der Waals surface area contributed by atoms with Crippen LogP contribution in [0.2, 0.25) is 0 Å². The summed E-state index contributed by atoms with van der Waals surface area (Å²) in [6.07, 6.45) is 0. The molecule has 0 radical (unpaired) electrons. The molecule has 6 nitrogen and oxygen atoms in total. The molecule has 0 aliphatic carbocycles. The Kier molecular flexibility index (Phi) is 2.19. The van der Waals surface area contributed by atoms with Gasteiger partial charge in [-0.1, -0.05) is 0 Å². The van der Waals surface area contributed by atoms with Gasteiger partial charge in [0.2, 0.25) is 0 Å². The van der Waals surface area contributed by atoms with E-state index >= 15 is 0 Å². The molecular formula is C10H10N2O4. The topological polar surface area (TPSA) is 84.5 Å². The third kappa shape index (κ3) is 1.44. The Balaban J connectivity index is 2.80. The van der Waals surface area contributed by atoms with E-state index in [9.17, 15) is 14.7 Å². The Bertz CT molecular complexity index is 624. The molecule has 6 heteroatoms. The van der Waals surface area contributed by atoms with Gasteiger partial charge in [-0.3, -0.25) is 13.9 Å². The number of imidazole rings is 1. The van der Waals surface area contributed by atoms with E-state index in [-0.39, 0.29) is 5.75 Å². The van der Waals surface area contributed by atoms with Gasteiger partial charge in [0.05, 0.1) is 11.0 Å². The van der Waals surface area contributed by atoms with Gasteiger partial charge in [-0.05, 0) is 12.1 Å². The van der Waals surface area contributed by atoms with Gasteiger partial charge in [0, 0.05) is 13.1 Å². The third-order valence-corrected chi connectivity index (χ3v) is 2.42. The lowest BCUT2D eigenvalue weighted by molar-refractivity contribution is -0.137. The lowest BCUT2D eigenvalue weighted by atomic mass is 10.3. The number of benzene rings is 1. The molecule has 0 saturated carbocycles. The molecule has 0 atom stereocenters. The number of phenolic OH excluding ortho intramolecular Hbond substituents is 1. The zero-order valence-electron chi connectivity index (χ0n) is 8.54. The van der Waals surface area contributed by atoms with Crippen LogP contribution in [0.4, 0.5) is 0 Å². The second-order valence-corrected chi connectivity index (χ2v) is 3.49. The van der Waals surface area contributed by atoms with Crippen LogP contribution < -0.4 is 5.69 Å². The monoisotopic (exact) mass is 222 g/mol. The van der Waals surface area contributed by atoms with E-state index in [0.29, 0.717) is 11.0 Å². The molecule has 2 N–H and O–H groups in total. The summed E-state index contributed by atoms with van der Waals surface area (Å²) in [5.74, 6) is -1.10. The number of phenols is 1. The van der Waals surface area contributed by atoms with E-state index in [1.165, 1.54) is 16.7 Å². The first-order valence-electron chi connectivity index (χ1n) is 4.60. The standard InChI is InChI=1S/C10H10N2O4/c1-11-7-3-2-6(13)4-8(7)12(10(11)16)5-9(14)15/h2-4,13H,5H2,1H3,(H,14,15). The Morgan fingerprint density at radius 3 is 2.69 bits per heavy atom. The quantitative estimate of drug-likeness (QED) is 0.756. The van der Waals surface area contributed by atoms with Crippen LogP contribution in [0.1, 0.15) is 0 Å². The molecule has 16 heavy (non-hydrogen) atoms. The molecule has 0 fully saturated rings. The summed E-state index contributed by atoms with van der Waals surface area (Å²) < 4.78 is 2.45. The number of hydrogen-bond donors (Lipinski definition) is 2. The van der Waals surface area contributed by atoms with Gasteiger partial charge in [0.1, 0.15) is 12.3 Å². The van der Waals surface area contributed by atoms with E-state index < -0.39 is 18.2 Å². The van der Waals surface area contributed by atoms with Crippen LogP contribution in [-0.2, 0) is 18.4 Å². The number of carbonyl (C=O) groups is 1. The van der Waals surface area contributed by atoms with Gasteiger partial charge in [-0.15, -0.1) is 0 Å². The molecule has 1 aromatic heterocycles. The Morgan fingerprint density at radius 2 is 2.06 bits per heavy atom. The van der Waals surface area contributed by atoms with Gasteiger partial charge in [-0.25, -0.2) is 4.79 Å². The number of aromatic hydroxyl groups is 1. The zero-order chi connectivity index (χ0) is 11.9. The first kappa shape index (κ1) is 10.3. The lowest BCUT2D eigenvalue weighted by Crippen LogP contribution is -2.25. The fourth-order valence-corrected chi connectivity index (χ4v) is 1.69. The molecule has 0 aliphatic heterocycles. The second kappa shape index (κ2) is 3.41. The second-order valence-electron chi connectivity index (χ2n) is 3.49. The normalized spacial score (nSPS) is 10.8. The van der Waals surface area contributed by atoms with Crippen LogP contribution in [0.15, 0.2) is 23.0 Å². The van der Waals surface area contributed by atoms with E-state index in [2.05, 4.69) is 0 Å². The number of aliphatic carboxylic acids is 1. The van der Waals surface area contributed by atoms with Crippen LogP contribution in [0.3, 0.4) is 0 Å². The molecule has 1 aromatic carbocycles. The predicted molar refractivity (Wildman–Crippen MR) is 56.5 cm³/mol. The highest BCUT2D eigenvalue weighted by molar-refractivity contribution is 5.79.